The molecule has 2 N–H and O–H groups in total. The number of hydrogen-bond donors (Lipinski definition) is 2. The second-order valence-corrected chi connectivity index (χ2v) is 9.15. The van der Waals surface area contributed by atoms with Gasteiger partial charge < -0.3 is 15.5 Å². The van der Waals surface area contributed by atoms with Gasteiger partial charge in [-0.15, -0.1) is 11.3 Å². The minimum absolute atomic E-state index is 0.0556. The van der Waals surface area contributed by atoms with E-state index >= 15 is 0 Å². The van der Waals surface area contributed by atoms with Gasteiger partial charge in [-0.25, -0.2) is 19.7 Å². The zero-order valence-electron chi connectivity index (χ0n) is 17.7. The van der Waals surface area contributed by atoms with Crippen molar-refractivity contribution in [3.63, 3.8) is 0 Å². The number of halogens is 2. The summed E-state index contributed by atoms with van der Waals surface area (Å²) in [6.45, 7) is 4.36. The molecule has 168 valence electrons. The van der Waals surface area contributed by atoms with Crippen LogP contribution in [0.15, 0.2) is 42.7 Å². The van der Waals surface area contributed by atoms with Gasteiger partial charge >= 0.3 is 6.03 Å². The van der Waals surface area contributed by atoms with Crippen LogP contribution in [-0.4, -0.2) is 52.1 Å². The summed E-state index contributed by atoms with van der Waals surface area (Å²) in [5, 5.41) is 7.41. The van der Waals surface area contributed by atoms with Gasteiger partial charge in [-0.1, -0.05) is 29.8 Å². The van der Waals surface area contributed by atoms with Crippen molar-refractivity contribution in [1.29, 1.82) is 0 Å². The maximum Gasteiger partial charge on any atom is 0.317 e. The van der Waals surface area contributed by atoms with Crippen molar-refractivity contribution in [2.75, 3.05) is 31.5 Å². The van der Waals surface area contributed by atoms with Crippen molar-refractivity contribution < 1.29 is 9.18 Å². The minimum atomic E-state index is -0.509. The van der Waals surface area contributed by atoms with Crippen LogP contribution in [-0.2, 0) is 0 Å². The third-order valence-corrected chi connectivity index (χ3v) is 6.96. The van der Waals surface area contributed by atoms with E-state index in [1.807, 2.05) is 31.2 Å². The summed E-state index contributed by atoms with van der Waals surface area (Å²) in [4.78, 5) is 26.9. The number of fused-ring (bicyclic) bond motifs is 1. The van der Waals surface area contributed by atoms with Gasteiger partial charge in [0.25, 0.3) is 0 Å². The zero-order valence-corrected chi connectivity index (χ0v) is 19.3. The van der Waals surface area contributed by atoms with E-state index in [0.717, 1.165) is 31.7 Å². The monoisotopic (exact) mass is 482 g/mol. The molecule has 4 aromatic rings. The van der Waals surface area contributed by atoms with E-state index in [1.54, 1.807) is 28.6 Å². The summed E-state index contributed by atoms with van der Waals surface area (Å²) in [6.07, 6.45) is 3.12. The van der Waals surface area contributed by atoms with E-state index in [4.69, 9.17) is 11.6 Å². The fourth-order valence-electron chi connectivity index (χ4n) is 3.83. The van der Waals surface area contributed by atoms with Gasteiger partial charge in [-0.2, -0.15) is 4.39 Å². The number of aryl methyl sites for hydroxylation is 1. The number of carbonyl (C=O) groups excluding carboxylic acids is 1. The summed E-state index contributed by atoms with van der Waals surface area (Å²) in [6, 6.07) is 9.39. The Morgan fingerprint density at radius 3 is 2.94 bits per heavy atom. The molecule has 3 aromatic heterocycles. The van der Waals surface area contributed by atoms with Crippen LogP contribution in [0.2, 0.25) is 5.02 Å². The van der Waals surface area contributed by atoms with Crippen molar-refractivity contribution in [1.82, 2.24) is 25.2 Å². The first-order valence-corrected chi connectivity index (χ1v) is 11.6. The molecule has 0 bridgehead atoms. The summed E-state index contributed by atoms with van der Waals surface area (Å²) in [5.41, 5.74) is 3.27. The van der Waals surface area contributed by atoms with E-state index in [0.29, 0.717) is 42.8 Å². The Hall–Kier alpha value is -3.30. The molecule has 2 amide bonds. The van der Waals surface area contributed by atoms with Crippen LogP contribution < -0.4 is 10.6 Å². The second kappa shape index (κ2) is 8.92. The van der Waals surface area contributed by atoms with E-state index < -0.39 is 5.95 Å². The lowest BCUT2D eigenvalue weighted by Gasteiger charge is -2.14. The Morgan fingerprint density at radius 2 is 2.12 bits per heavy atom. The summed E-state index contributed by atoms with van der Waals surface area (Å²) < 4.78 is 14.9. The maximum atomic E-state index is 13.8. The lowest BCUT2D eigenvalue weighted by atomic mass is 10.0. The number of nitrogens with zero attached hydrogens (tertiary/aromatic N) is 4. The molecule has 0 unspecified atom stereocenters. The van der Waals surface area contributed by atoms with E-state index in [2.05, 4.69) is 25.6 Å². The maximum absolute atomic E-state index is 13.8. The third-order valence-electron chi connectivity index (χ3n) is 5.49. The number of hydrogen-bond acceptors (Lipinski definition) is 6. The Morgan fingerprint density at radius 1 is 1.24 bits per heavy atom. The normalized spacial score (nSPS) is 13.5. The van der Waals surface area contributed by atoms with Gasteiger partial charge in [0.15, 0.2) is 0 Å². The molecule has 1 saturated heterocycles. The van der Waals surface area contributed by atoms with Crippen molar-refractivity contribution in [2.24, 2.45) is 0 Å². The molecule has 7 nitrogen and oxygen atoms in total. The fraction of sp³-hybridized carbons (Fsp3) is 0.217. The standard InChI is InChI=1S/C23H20ClFN6OS/c1-13-11-28-19(25)10-16(13)15-4-2-3-14-9-18(33-21(14)15)20-17(24)12-29-22(30-20)26-5-7-31-8-6-27-23(31)32/h2-4,9-12H,5-8H2,1H3,(H,27,32)(H,26,29,30). The molecule has 1 aliphatic heterocycles. The van der Waals surface area contributed by atoms with Crippen LogP contribution in [0, 0.1) is 12.9 Å². The largest absolute Gasteiger partial charge is 0.352 e. The number of nitrogens with one attached hydrogen (secondary N) is 2. The molecule has 0 radical (unpaired) electrons. The number of pyridine rings is 1. The molecule has 1 fully saturated rings. The molecule has 4 heterocycles. The number of thiophene rings is 1. The molecule has 5 rings (SSSR count). The van der Waals surface area contributed by atoms with Crippen LogP contribution in [0.5, 0.6) is 0 Å². The smallest absolute Gasteiger partial charge is 0.317 e. The quantitative estimate of drug-likeness (QED) is 0.379. The minimum Gasteiger partial charge on any atom is -0.352 e. The number of benzene rings is 1. The SMILES string of the molecule is Cc1cnc(F)cc1-c1cccc2cc(-c3nc(NCCN4CCNC4=O)ncc3Cl)sc12. The average Bonchev–Trinajstić information content (AvgIpc) is 3.42. The number of rotatable bonds is 6. The number of aromatic nitrogens is 3. The van der Waals surface area contributed by atoms with Gasteiger partial charge in [0.2, 0.25) is 11.9 Å². The number of amides is 2. The van der Waals surface area contributed by atoms with Crippen LogP contribution >= 0.6 is 22.9 Å². The highest BCUT2D eigenvalue weighted by Crippen LogP contribution is 2.41. The first kappa shape index (κ1) is 21.5. The number of carbonyl (C=O) groups is 1. The highest BCUT2D eigenvalue weighted by Gasteiger charge is 2.19. The topological polar surface area (TPSA) is 83.0 Å². The summed E-state index contributed by atoms with van der Waals surface area (Å²) in [5.74, 6) is -0.0657. The molecular formula is C23H20ClFN6OS. The molecule has 0 atom stereocenters. The lowest BCUT2D eigenvalue weighted by Crippen LogP contribution is -2.32. The van der Waals surface area contributed by atoms with Gasteiger partial charge in [0.05, 0.1) is 16.1 Å². The van der Waals surface area contributed by atoms with E-state index in [-0.39, 0.29) is 6.03 Å². The Labute approximate surface area is 198 Å². The second-order valence-electron chi connectivity index (χ2n) is 7.69. The Balaban J connectivity index is 1.45. The van der Waals surface area contributed by atoms with Gasteiger partial charge in [0, 0.05) is 43.1 Å². The Kier molecular flexibility index (Phi) is 5.82. The Bertz CT molecular complexity index is 1360. The summed E-state index contributed by atoms with van der Waals surface area (Å²) >= 11 is 8.00. The van der Waals surface area contributed by atoms with Gasteiger partial charge in [-0.3, -0.25) is 0 Å². The highest BCUT2D eigenvalue weighted by molar-refractivity contribution is 7.22. The predicted octanol–water partition coefficient (Wildman–Crippen LogP) is 4.96. The van der Waals surface area contributed by atoms with Gasteiger partial charge in [0.1, 0.15) is 5.69 Å². The predicted molar refractivity (Wildman–Crippen MR) is 129 cm³/mol. The average molecular weight is 483 g/mol. The van der Waals surface area contributed by atoms with Crippen molar-refractivity contribution in [2.45, 2.75) is 6.92 Å². The van der Waals surface area contributed by atoms with E-state index in [1.165, 1.54) is 6.07 Å². The van der Waals surface area contributed by atoms with Crippen LogP contribution in [0.1, 0.15) is 5.56 Å². The number of anilines is 1. The van der Waals surface area contributed by atoms with Gasteiger partial charge in [-0.05, 0) is 35.1 Å². The molecule has 33 heavy (non-hydrogen) atoms. The fourth-order valence-corrected chi connectivity index (χ4v) is 5.27. The molecule has 0 aliphatic carbocycles. The molecule has 1 aliphatic rings. The first-order valence-electron chi connectivity index (χ1n) is 10.4. The highest BCUT2D eigenvalue weighted by atomic mass is 35.5. The molecule has 10 heteroatoms. The molecule has 0 spiro atoms. The molecule has 1 aromatic carbocycles. The van der Waals surface area contributed by atoms with Crippen molar-refractivity contribution >= 4 is 45.0 Å². The molecule has 0 saturated carbocycles. The molecular weight excluding hydrogens is 463 g/mol. The third kappa shape index (κ3) is 4.34. The first-order chi connectivity index (χ1) is 16.0. The van der Waals surface area contributed by atoms with E-state index in [9.17, 15) is 9.18 Å². The van der Waals surface area contributed by atoms with Crippen LogP contribution in [0.3, 0.4) is 0 Å². The summed E-state index contributed by atoms with van der Waals surface area (Å²) in [7, 11) is 0. The lowest BCUT2D eigenvalue weighted by molar-refractivity contribution is 0.219. The van der Waals surface area contributed by atoms with Crippen LogP contribution in [0.25, 0.3) is 31.8 Å². The van der Waals surface area contributed by atoms with Crippen molar-refractivity contribution in [3.8, 4) is 21.7 Å². The van der Waals surface area contributed by atoms with Crippen molar-refractivity contribution in [3.05, 3.63) is 59.3 Å². The number of urea groups is 1. The zero-order chi connectivity index (χ0) is 22.9. The van der Waals surface area contributed by atoms with Crippen LogP contribution in [0.4, 0.5) is 15.1 Å².